The summed E-state index contributed by atoms with van der Waals surface area (Å²) >= 11 is 0. The van der Waals surface area contributed by atoms with Gasteiger partial charge in [-0.2, -0.15) is 0 Å². The molecule has 0 N–H and O–H groups in total. The molecule has 0 saturated heterocycles. The second-order valence-corrected chi connectivity index (χ2v) is 2.87. The van der Waals surface area contributed by atoms with Gasteiger partial charge in [-0.25, -0.2) is 4.79 Å². The normalized spacial score (nSPS) is 9.67. The predicted molar refractivity (Wildman–Crippen MR) is 53.3 cm³/mol. The van der Waals surface area contributed by atoms with Gasteiger partial charge in [0.05, 0.1) is 7.11 Å². The molecular weight excluding hydrogens is 196 g/mol. The molecule has 1 heterocycles. The van der Waals surface area contributed by atoms with Gasteiger partial charge in [0.1, 0.15) is 30.3 Å². The van der Waals surface area contributed by atoms with Crippen molar-refractivity contribution in [1.29, 1.82) is 0 Å². The van der Waals surface area contributed by atoms with Crippen LogP contribution in [-0.2, 0) is 16.1 Å². The van der Waals surface area contributed by atoms with Gasteiger partial charge < -0.3 is 13.9 Å². The van der Waals surface area contributed by atoms with E-state index in [4.69, 9.17) is 15.6 Å². The van der Waals surface area contributed by atoms with Gasteiger partial charge in [-0.05, 0) is 13.0 Å². The van der Waals surface area contributed by atoms with Gasteiger partial charge in [0, 0.05) is 0 Å². The zero-order valence-corrected chi connectivity index (χ0v) is 8.70. The van der Waals surface area contributed by atoms with Crippen LogP contribution < -0.4 is 0 Å². The first-order valence-electron chi connectivity index (χ1n) is 4.38. The summed E-state index contributed by atoms with van der Waals surface area (Å²) in [6, 6.07) is 1.59. The molecule has 0 amide bonds. The zero-order valence-electron chi connectivity index (χ0n) is 8.70. The average molecular weight is 208 g/mol. The minimum absolute atomic E-state index is 0.216. The molecule has 0 radical (unpaired) electrons. The molecule has 4 heteroatoms. The van der Waals surface area contributed by atoms with Crippen LogP contribution in [0.4, 0.5) is 0 Å². The third kappa shape index (κ3) is 2.86. The number of terminal acetylenes is 1. The molecule has 0 saturated carbocycles. The van der Waals surface area contributed by atoms with E-state index in [0.717, 1.165) is 0 Å². The van der Waals surface area contributed by atoms with Gasteiger partial charge in [-0.1, -0.05) is 5.92 Å². The molecule has 15 heavy (non-hydrogen) atoms. The fraction of sp³-hybridized carbons (Fsp3) is 0.364. The fourth-order valence-electron chi connectivity index (χ4n) is 1.14. The lowest BCUT2D eigenvalue weighted by Gasteiger charge is -1.94. The third-order valence-corrected chi connectivity index (χ3v) is 1.80. The van der Waals surface area contributed by atoms with E-state index in [1.54, 1.807) is 13.0 Å². The first-order chi connectivity index (χ1) is 7.19. The molecular formula is C11H12O4. The standard InChI is InChI=1S/C11H12O4/c1-4-5-14-7-9-6-10(8(2)15-9)11(12)13-3/h1,6H,5,7H2,2-3H3. The second kappa shape index (κ2) is 5.23. The maximum Gasteiger partial charge on any atom is 0.341 e. The van der Waals surface area contributed by atoms with Crippen LogP contribution >= 0.6 is 0 Å². The third-order valence-electron chi connectivity index (χ3n) is 1.80. The summed E-state index contributed by atoms with van der Waals surface area (Å²) in [5.74, 6) is 2.99. The van der Waals surface area contributed by atoms with Crippen LogP contribution in [0.15, 0.2) is 10.5 Å². The van der Waals surface area contributed by atoms with Crippen molar-refractivity contribution in [2.24, 2.45) is 0 Å². The Bertz CT molecular complexity index is 384. The maximum absolute atomic E-state index is 11.2. The lowest BCUT2D eigenvalue weighted by atomic mass is 10.2. The Morgan fingerprint density at radius 1 is 1.67 bits per heavy atom. The molecule has 1 rings (SSSR count). The number of hydrogen-bond donors (Lipinski definition) is 0. The van der Waals surface area contributed by atoms with Crippen molar-refractivity contribution in [3.63, 3.8) is 0 Å². The van der Waals surface area contributed by atoms with Gasteiger partial charge in [0.15, 0.2) is 0 Å². The van der Waals surface area contributed by atoms with Gasteiger partial charge in [-0.15, -0.1) is 6.42 Å². The van der Waals surface area contributed by atoms with E-state index < -0.39 is 5.97 Å². The summed E-state index contributed by atoms with van der Waals surface area (Å²) in [6.45, 7) is 2.16. The van der Waals surface area contributed by atoms with Crippen molar-refractivity contribution >= 4 is 5.97 Å². The Kier molecular flexibility index (Phi) is 3.95. The first kappa shape index (κ1) is 11.3. The van der Waals surface area contributed by atoms with Crippen LogP contribution in [0.25, 0.3) is 0 Å². The summed E-state index contributed by atoms with van der Waals surface area (Å²) in [4.78, 5) is 11.2. The van der Waals surface area contributed by atoms with Crippen LogP contribution in [-0.4, -0.2) is 19.7 Å². The molecule has 80 valence electrons. The lowest BCUT2D eigenvalue weighted by molar-refractivity contribution is 0.0599. The van der Waals surface area contributed by atoms with Crippen LogP contribution in [0.2, 0.25) is 0 Å². The largest absolute Gasteiger partial charge is 0.465 e. The molecule has 0 bridgehead atoms. The van der Waals surface area contributed by atoms with Gasteiger partial charge in [0.2, 0.25) is 0 Å². The van der Waals surface area contributed by atoms with Crippen molar-refractivity contribution in [3.05, 3.63) is 23.2 Å². The number of methoxy groups -OCH3 is 1. The minimum Gasteiger partial charge on any atom is -0.465 e. The van der Waals surface area contributed by atoms with E-state index in [9.17, 15) is 4.79 Å². The van der Waals surface area contributed by atoms with Crippen molar-refractivity contribution in [3.8, 4) is 12.3 Å². The molecule has 1 aromatic rings. The summed E-state index contributed by atoms with van der Waals surface area (Å²) < 4.78 is 14.9. The highest BCUT2D eigenvalue weighted by atomic mass is 16.5. The maximum atomic E-state index is 11.2. The Morgan fingerprint density at radius 2 is 2.40 bits per heavy atom. The molecule has 0 aliphatic rings. The number of carbonyl (C=O) groups is 1. The highest BCUT2D eigenvalue weighted by Crippen LogP contribution is 2.16. The molecule has 0 aliphatic carbocycles. The summed E-state index contributed by atoms with van der Waals surface area (Å²) in [5.41, 5.74) is 0.414. The second-order valence-electron chi connectivity index (χ2n) is 2.87. The van der Waals surface area contributed by atoms with Gasteiger partial charge >= 0.3 is 5.97 Å². The number of furan rings is 1. The molecule has 1 aromatic heterocycles. The number of ether oxygens (including phenoxy) is 2. The van der Waals surface area contributed by atoms with Crippen molar-refractivity contribution in [1.82, 2.24) is 0 Å². The van der Waals surface area contributed by atoms with Crippen LogP contribution in [0.5, 0.6) is 0 Å². The van der Waals surface area contributed by atoms with E-state index in [0.29, 0.717) is 17.1 Å². The van der Waals surface area contributed by atoms with Crippen LogP contribution in [0.3, 0.4) is 0 Å². The number of aryl methyl sites for hydroxylation is 1. The topological polar surface area (TPSA) is 48.7 Å². The van der Waals surface area contributed by atoms with Gasteiger partial charge in [0.25, 0.3) is 0 Å². The molecule has 4 nitrogen and oxygen atoms in total. The summed E-state index contributed by atoms with van der Waals surface area (Å²) in [5, 5.41) is 0. The SMILES string of the molecule is C#CCOCc1cc(C(=O)OC)c(C)o1. The molecule has 0 aliphatic heterocycles. The van der Waals surface area contributed by atoms with E-state index in [2.05, 4.69) is 10.7 Å². The Morgan fingerprint density at radius 3 is 3.00 bits per heavy atom. The lowest BCUT2D eigenvalue weighted by Crippen LogP contribution is -2.00. The predicted octanol–water partition coefficient (Wildman–Crippen LogP) is 1.52. The average Bonchev–Trinajstić information content (AvgIpc) is 2.59. The van der Waals surface area contributed by atoms with E-state index in [-0.39, 0.29) is 13.2 Å². The Hall–Kier alpha value is -1.73. The summed E-state index contributed by atoms with van der Waals surface area (Å²) in [7, 11) is 1.32. The number of esters is 1. The Balaban J connectivity index is 2.69. The fourth-order valence-corrected chi connectivity index (χ4v) is 1.14. The molecule has 0 spiro atoms. The van der Waals surface area contributed by atoms with Crippen molar-refractivity contribution in [2.45, 2.75) is 13.5 Å². The van der Waals surface area contributed by atoms with E-state index in [1.165, 1.54) is 7.11 Å². The minimum atomic E-state index is -0.417. The summed E-state index contributed by atoms with van der Waals surface area (Å²) in [6.07, 6.45) is 5.02. The zero-order chi connectivity index (χ0) is 11.3. The Labute approximate surface area is 88.2 Å². The molecule has 0 fully saturated rings. The van der Waals surface area contributed by atoms with Crippen LogP contribution in [0, 0.1) is 19.3 Å². The monoisotopic (exact) mass is 208 g/mol. The van der Waals surface area contributed by atoms with E-state index >= 15 is 0 Å². The highest BCUT2D eigenvalue weighted by Gasteiger charge is 2.14. The smallest absolute Gasteiger partial charge is 0.341 e. The molecule has 0 aromatic carbocycles. The number of rotatable bonds is 4. The highest BCUT2D eigenvalue weighted by molar-refractivity contribution is 5.90. The molecule has 0 unspecified atom stereocenters. The van der Waals surface area contributed by atoms with Crippen molar-refractivity contribution in [2.75, 3.05) is 13.7 Å². The van der Waals surface area contributed by atoms with Crippen LogP contribution in [0.1, 0.15) is 21.9 Å². The van der Waals surface area contributed by atoms with Gasteiger partial charge in [-0.3, -0.25) is 0 Å². The van der Waals surface area contributed by atoms with E-state index in [1.807, 2.05) is 0 Å². The number of hydrogen-bond acceptors (Lipinski definition) is 4. The first-order valence-corrected chi connectivity index (χ1v) is 4.38. The molecule has 0 atom stereocenters. The van der Waals surface area contributed by atoms with Crippen molar-refractivity contribution < 1.29 is 18.7 Å². The number of carbonyl (C=O) groups excluding carboxylic acids is 1. The quantitative estimate of drug-likeness (QED) is 0.427.